The van der Waals surface area contributed by atoms with Crippen LogP contribution >= 0.6 is 0 Å². The molecule has 1 nitrogen and oxygen atoms in total. The van der Waals surface area contributed by atoms with Crippen molar-refractivity contribution in [2.75, 3.05) is 0 Å². The molecule has 0 aromatic rings. The van der Waals surface area contributed by atoms with Crippen molar-refractivity contribution in [2.24, 2.45) is 34.5 Å². The molecule has 0 aromatic carbocycles. The molecule has 0 saturated heterocycles. The number of aliphatic hydroxyl groups excluding tert-OH is 1. The summed E-state index contributed by atoms with van der Waals surface area (Å²) in [7, 11) is 0. The molecule has 0 heterocycles. The van der Waals surface area contributed by atoms with E-state index in [0.29, 0.717) is 22.7 Å². The highest BCUT2D eigenvalue weighted by Crippen LogP contribution is 2.64. The molecule has 0 aliphatic heterocycles. The Morgan fingerprint density at radius 2 is 1.93 bits per heavy atom. The topological polar surface area (TPSA) is 20.2 Å². The summed E-state index contributed by atoms with van der Waals surface area (Å²) in [5.74, 6) is 2.74. The lowest BCUT2D eigenvalue weighted by molar-refractivity contribution is -0.0287. The third-order valence-electron chi connectivity index (χ3n) is 9.87. The van der Waals surface area contributed by atoms with Gasteiger partial charge in [-0.1, -0.05) is 51.0 Å². The molecule has 29 heavy (non-hydrogen) atoms. The van der Waals surface area contributed by atoms with Crippen molar-refractivity contribution in [3.05, 3.63) is 34.4 Å². The highest BCUT2D eigenvalue weighted by atomic mass is 16.3. The molecule has 162 valence electrons. The first-order valence-electron chi connectivity index (χ1n) is 12.4. The third-order valence-corrected chi connectivity index (χ3v) is 9.87. The van der Waals surface area contributed by atoms with E-state index >= 15 is 0 Å². The van der Waals surface area contributed by atoms with E-state index in [0.717, 1.165) is 18.3 Å². The molecular formula is C28H44O. The molecule has 1 N–H and O–H groups in total. The molecule has 1 fully saturated rings. The van der Waals surface area contributed by atoms with E-state index in [2.05, 4.69) is 53.7 Å². The van der Waals surface area contributed by atoms with Crippen LogP contribution in [0.3, 0.4) is 0 Å². The summed E-state index contributed by atoms with van der Waals surface area (Å²) >= 11 is 0. The average molecular weight is 397 g/mol. The van der Waals surface area contributed by atoms with Gasteiger partial charge in [-0.3, -0.25) is 0 Å². The van der Waals surface area contributed by atoms with Crippen LogP contribution in [0.15, 0.2) is 34.4 Å². The van der Waals surface area contributed by atoms with Crippen molar-refractivity contribution in [3.63, 3.8) is 0 Å². The zero-order chi connectivity index (χ0) is 21.0. The minimum atomic E-state index is -0.0826. The van der Waals surface area contributed by atoms with E-state index in [1.165, 1.54) is 56.9 Å². The quantitative estimate of drug-likeness (QED) is 0.484. The van der Waals surface area contributed by atoms with Gasteiger partial charge >= 0.3 is 0 Å². The first-order valence-corrected chi connectivity index (χ1v) is 12.4. The van der Waals surface area contributed by atoms with Crippen molar-refractivity contribution in [3.8, 4) is 0 Å². The zero-order valence-corrected chi connectivity index (χ0v) is 19.9. The van der Waals surface area contributed by atoms with Crippen molar-refractivity contribution >= 4 is 0 Å². The summed E-state index contributed by atoms with van der Waals surface area (Å²) < 4.78 is 0. The summed E-state index contributed by atoms with van der Waals surface area (Å²) in [6.45, 7) is 14.4. The van der Waals surface area contributed by atoms with Gasteiger partial charge < -0.3 is 5.11 Å². The molecular weight excluding hydrogens is 352 g/mol. The first kappa shape index (κ1) is 21.4. The molecule has 0 amide bonds. The predicted octanol–water partition coefficient (Wildman–Crippen LogP) is 7.62. The first-order chi connectivity index (χ1) is 13.7. The number of aliphatic hydroxyl groups is 1. The highest BCUT2D eigenvalue weighted by Gasteiger charge is 2.54. The molecule has 1 saturated carbocycles. The number of rotatable bonds is 4. The van der Waals surface area contributed by atoms with E-state index in [4.69, 9.17) is 0 Å². The standard InChI is InChI=1S/C28H44O/c1-18(2)8-7-9-19(3)22-12-13-24-21-10-11-23-20(4)26(29)15-17-28(23,6)25(21)14-16-27(22,24)5/h8,13,19-20,22-23,26,29H,7,9-12,14-17H2,1-6H3. The smallest absolute Gasteiger partial charge is 0.0569 e. The minimum absolute atomic E-state index is 0.0826. The second kappa shape index (κ2) is 7.70. The minimum Gasteiger partial charge on any atom is -0.393 e. The van der Waals surface area contributed by atoms with Crippen molar-refractivity contribution < 1.29 is 5.11 Å². The Labute approximate surface area is 179 Å². The fraction of sp³-hybridized carbons (Fsp3) is 0.786. The van der Waals surface area contributed by atoms with Crippen molar-refractivity contribution in [1.82, 2.24) is 0 Å². The van der Waals surface area contributed by atoms with Gasteiger partial charge in [-0.05, 0) is 117 Å². The van der Waals surface area contributed by atoms with E-state index in [1.807, 2.05) is 0 Å². The second-order valence-corrected chi connectivity index (χ2v) is 11.7. The molecule has 4 rings (SSSR count). The van der Waals surface area contributed by atoms with Gasteiger partial charge in [0.1, 0.15) is 0 Å². The molecule has 0 spiro atoms. The molecule has 0 bridgehead atoms. The summed E-state index contributed by atoms with van der Waals surface area (Å²) in [6, 6.07) is 0. The Bertz CT molecular complexity index is 735. The number of hydrogen-bond donors (Lipinski definition) is 1. The van der Waals surface area contributed by atoms with E-state index < -0.39 is 0 Å². The van der Waals surface area contributed by atoms with Crippen LogP contribution in [0.4, 0.5) is 0 Å². The highest BCUT2D eigenvalue weighted by molar-refractivity contribution is 5.49. The molecule has 0 radical (unpaired) electrons. The lowest BCUT2D eigenvalue weighted by Crippen LogP contribution is -2.48. The zero-order valence-electron chi connectivity index (χ0n) is 19.9. The summed E-state index contributed by atoms with van der Waals surface area (Å²) in [5, 5.41) is 10.5. The Morgan fingerprint density at radius 1 is 1.17 bits per heavy atom. The number of allylic oxidation sites excluding steroid dienone is 6. The van der Waals surface area contributed by atoms with Gasteiger partial charge in [-0.2, -0.15) is 0 Å². The van der Waals surface area contributed by atoms with Crippen molar-refractivity contribution in [2.45, 2.75) is 105 Å². The molecule has 1 heteroatoms. The van der Waals surface area contributed by atoms with Crippen LogP contribution in [-0.4, -0.2) is 11.2 Å². The van der Waals surface area contributed by atoms with E-state index in [9.17, 15) is 5.11 Å². The lowest BCUT2D eigenvalue weighted by Gasteiger charge is -2.55. The van der Waals surface area contributed by atoms with Crippen LogP contribution in [0, 0.1) is 34.5 Å². The van der Waals surface area contributed by atoms with Gasteiger partial charge in [0.25, 0.3) is 0 Å². The SMILES string of the molecule is CC(C)=CCCC(C)C1CC=C2C3=C(CCC21C)C1(C)CCC(O)C(C)C1CC3. The van der Waals surface area contributed by atoms with Crippen molar-refractivity contribution in [1.29, 1.82) is 0 Å². The van der Waals surface area contributed by atoms with Crippen LogP contribution in [-0.2, 0) is 0 Å². The van der Waals surface area contributed by atoms with Crippen LogP contribution in [0.25, 0.3) is 0 Å². The van der Waals surface area contributed by atoms with Gasteiger partial charge in [-0.25, -0.2) is 0 Å². The van der Waals surface area contributed by atoms with Crippen LogP contribution in [0.1, 0.15) is 99.3 Å². The van der Waals surface area contributed by atoms with Gasteiger partial charge in [0.15, 0.2) is 0 Å². The fourth-order valence-corrected chi connectivity index (χ4v) is 8.04. The Hall–Kier alpha value is -0.820. The number of fused-ring (bicyclic) bond motifs is 4. The maximum absolute atomic E-state index is 10.5. The molecule has 7 unspecified atom stereocenters. The van der Waals surface area contributed by atoms with Gasteiger partial charge in [0, 0.05) is 0 Å². The molecule has 4 aliphatic rings. The second-order valence-electron chi connectivity index (χ2n) is 11.7. The predicted molar refractivity (Wildman–Crippen MR) is 124 cm³/mol. The number of hydrogen-bond acceptors (Lipinski definition) is 1. The maximum Gasteiger partial charge on any atom is 0.0569 e. The lowest BCUT2D eigenvalue weighted by atomic mass is 9.49. The van der Waals surface area contributed by atoms with Crippen LogP contribution < -0.4 is 0 Å². The normalized spacial score (nSPS) is 42.5. The fourth-order valence-electron chi connectivity index (χ4n) is 8.04. The Morgan fingerprint density at radius 3 is 2.66 bits per heavy atom. The molecule has 0 aromatic heterocycles. The maximum atomic E-state index is 10.5. The molecule has 7 atom stereocenters. The Balaban J connectivity index is 1.58. The van der Waals surface area contributed by atoms with E-state index in [-0.39, 0.29) is 6.10 Å². The Kier molecular flexibility index (Phi) is 5.69. The summed E-state index contributed by atoms with van der Waals surface area (Å²) in [5.41, 5.74) is 7.50. The van der Waals surface area contributed by atoms with Crippen LogP contribution in [0.5, 0.6) is 0 Å². The van der Waals surface area contributed by atoms with Gasteiger partial charge in [0.05, 0.1) is 6.10 Å². The van der Waals surface area contributed by atoms with Gasteiger partial charge in [-0.15, -0.1) is 0 Å². The average Bonchev–Trinajstić information content (AvgIpc) is 3.02. The summed E-state index contributed by atoms with van der Waals surface area (Å²) in [6.07, 6.45) is 16.2. The van der Waals surface area contributed by atoms with E-state index in [1.54, 1.807) is 16.7 Å². The van der Waals surface area contributed by atoms with Gasteiger partial charge in [0.2, 0.25) is 0 Å². The summed E-state index contributed by atoms with van der Waals surface area (Å²) in [4.78, 5) is 0. The monoisotopic (exact) mass is 396 g/mol. The largest absolute Gasteiger partial charge is 0.393 e. The van der Waals surface area contributed by atoms with Crippen LogP contribution in [0.2, 0.25) is 0 Å². The third kappa shape index (κ3) is 3.40. The molecule has 4 aliphatic carbocycles.